The SMILES string of the molecule is CS(=O)(=O)c1ccc(Nc2c(C(=O)O)ccc(F)c2F)c(F)c1. The lowest BCUT2D eigenvalue weighted by molar-refractivity contribution is 0.0697. The third kappa shape index (κ3) is 3.45. The minimum atomic E-state index is -3.65. The van der Waals surface area contributed by atoms with E-state index in [4.69, 9.17) is 5.11 Å². The Labute approximate surface area is 129 Å². The molecule has 0 saturated heterocycles. The maximum atomic E-state index is 13.9. The van der Waals surface area contributed by atoms with Crippen molar-refractivity contribution in [3.63, 3.8) is 0 Å². The zero-order chi connectivity index (χ0) is 17.4. The fourth-order valence-electron chi connectivity index (χ4n) is 1.81. The Hall–Kier alpha value is -2.55. The number of anilines is 2. The summed E-state index contributed by atoms with van der Waals surface area (Å²) in [7, 11) is -3.65. The molecule has 0 saturated carbocycles. The molecule has 0 aliphatic carbocycles. The molecule has 2 aromatic carbocycles. The molecule has 0 fully saturated rings. The molecular formula is C14H10F3NO4S. The Bertz CT molecular complexity index is 897. The molecule has 2 aromatic rings. The van der Waals surface area contributed by atoms with Gasteiger partial charge in [0, 0.05) is 6.26 Å². The van der Waals surface area contributed by atoms with Crippen molar-refractivity contribution in [2.75, 3.05) is 11.6 Å². The molecular weight excluding hydrogens is 335 g/mol. The van der Waals surface area contributed by atoms with Gasteiger partial charge < -0.3 is 10.4 Å². The first-order valence-corrected chi connectivity index (χ1v) is 7.98. The maximum absolute atomic E-state index is 13.9. The van der Waals surface area contributed by atoms with E-state index in [1.165, 1.54) is 0 Å². The fourth-order valence-corrected chi connectivity index (χ4v) is 2.45. The third-order valence-electron chi connectivity index (χ3n) is 2.95. The highest BCUT2D eigenvalue weighted by atomic mass is 32.2. The monoisotopic (exact) mass is 345 g/mol. The molecule has 0 heterocycles. The topological polar surface area (TPSA) is 83.5 Å². The van der Waals surface area contributed by atoms with E-state index in [2.05, 4.69) is 5.32 Å². The van der Waals surface area contributed by atoms with Crippen molar-refractivity contribution in [3.05, 3.63) is 53.3 Å². The Balaban J connectivity index is 2.52. The molecule has 2 rings (SSSR count). The largest absolute Gasteiger partial charge is 0.478 e. The second-order valence-electron chi connectivity index (χ2n) is 4.63. The molecule has 0 radical (unpaired) electrons. The van der Waals surface area contributed by atoms with Crippen LogP contribution in [0.25, 0.3) is 0 Å². The van der Waals surface area contributed by atoms with E-state index < -0.39 is 50.2 Å². The number of nitrogens with one attached hydrogen (secondary N) is 1. The van der Waals surface area contributed by atoms with Gasteiger partial charge in [0.15, 0.2) is 21.5 Å². The van der Waals surface area contributed by atoms with Crippen molar-refractivity contribution in [1.82, 2.24) is 0 Å². The van der Waals surface area contributed by atoms with Crippen LogP contribution in [0.2, 0.25) is 0 Å². The lowest BCUT2D eigenvalue weighted by atomic mass is 10.1. The first kappa shape index (κ1) is 16.8. The van der Waals surface area contributed by atoms with Crippen molar-refractivity contribution >= 4 is 27.2 Å². The maximum Gasteiger partial charge on any atom is 0.337 e. The summed E-state index contributed by atoms with van der Waals surface area (Å²) < 4.78 is 63.6. The van der Waals surface area contributed by atoms with Crippen molar-refractivity contribution < 1.29 is 31.5 Å². The minimum Gasteiger partial charge on any atom is -0.478 e. The second kappa shape index (κ2) is 5.92. The van der Waals surface area contributed by atoms with Crippen molar-refractivity contribution in [3.8, 4) is 0 Å². The lowest BCUT2D eigenvalue weighted by Gasteiger charge is -2.12. The number of carboxylic acids is 1. The quantitative estimate of drug-likeness (QED) is 0.890. The summed E-state index contributed by atoms with van der Waals surface area (Å²) in [4.78, 5) is 10.7. The van der Waals surface area contributed by atoms with Crippen LogP contribution in [-0.2, 0) is 9.84 Å². The lowest BCUT2D eigenvalue weighted by Crippen LogP contribution is -2.08. The molecule has 5 nitrogen and oxygen atoms in total. The second-order valence-corrected chi connectivity index (χ2v) is 6.64. The van der Waals surface area contributed by atoms with Gasteiger partial charge in [0.05, 0.1) is 21.8 Å². The molecule has 23 heavy (non-hydrogen) atoms. The van der Waals surface area contributed by atoms with Gasteiger partial charge >= 0.3 is 5.97 Å². The number of benzene rings is 2. The van der Waals surface area contributed by atoms with Crippen molar-refractivity contribution in [1.29, 1.82) is 0 Å². The number of carbonyl (C=O) groups is 1. The van der Waals surface area contributed by atoms with Crippen LogP contribution in [0.1, 0.15) is 10.4 Å². The predicted molar refractivity (Wildman–Crippen MR) is 76.1 cm³/mol. The Morgan fingerprint density at radius 2 is 1.74 bits per heavy atom. The predicted octanol–water partition coefficient (Wildman–Crippen LogP) is 2.95. The average molecular weight is 345 g/mol. The molecule has 122 valence electrons. The summed E-state index contributed by atoms with van der Waals surface area (Å²) in [5, 5.41) is 11.1. The van der Waals surface area contributed by atoms with E-state index in [1.807, 2.05) is 0 Å². The van der Waals surface area contributed by atoms with Gasteiger partial charge in [-0.2, -0.15) is 0 Å². The van der Waals surface area contributed by atoms with Gasteiger partial charge in [-0.3, -0.25) is 0 Å². The summed E-state index contributed by atoms with van der Waals surface area (Å²) >= 11 is 0. The van der Waals surface area contributed by atoms with E-state index in [0.717, 1.165) is 24.5 Å². The molecule has 0 aromatic heterocycles. The van der Waals surface area contributed by atoms with Crippen LogP contribution in [0.4, 0.5) is 24.5 Å². The minimum absolute atomic E-state index is 0.307. The molecule has 0 aliphatic rings. The Kier molecular flexibility index (Phi) is 4.33. The highest BCUT2D eigenvalue weighted by Crippen LogP contribution is 2.28. The van der Waals surface area contributed by atoms with Gasteiger partial charge in [0.1, 0.15) is 5.82 Å². The number of carboxylic acid groups (broad SMARTS) is 1. The zero-order valence-corrected chi connectivity index (χ0v) is 12.4. The number of sulfone groups is 1. The van der Waals surface area contributed by atoms with Crippen LogP contribution in [-0.4, -0.2) is 25.7 Å². The molecule has 0 bridgehead atoms. The molecule has 0 unspecified atom stereocenters. The Morgan fingerprint density at radius 1 is 1.09 bits per heavy atom. The highest BCUT2D eigenvalue weighted by molar-refractivity contribution is 7.90. The van der Waals surface area contributed by atoms with Gasteiger partial charge in [-0.05, 0) is 30.3 Å². The van der Waals surface area contributed by atoms with Gasteiger partial charge in [-0.1, -0.05) is 0 Å². The first-order chi connectivity index (χ1) is 10.6. The summed E-state index contributed by atoms with van der Waals surface area (Å²) in [5.41, 5.74) is -1.76. The summed E-state index contributed by atoms with van der Waals surface area (Å²) in [6, 6.07) is 4.19. The van der Waals surface area contributed by atoms with Crippen LogP contribution in [0.3, 0.4) is 0 Å². The van der Waals surface area contributed by atoms with E-state index in [1.54, 1.807) is 0 Å². The van der Waals surface area contributed by atoms with Crippen LogP contribution in [0.5, 0.6) is 0 Å². The number of hydrogen-bond donors (Lipinski definition) is 2. The molecule has 0 aliphatic heterocycles. The normalized spacial score (nSPS) is 11.3. The standard InChI is InChI=1S/C14H10F3NO4S/c1-23(21,22)7-2-5-11(10(16)6-7)18-13-8(14(19)20)3-4-9(15)12(13)17/h2-6,18H,1H3,(H,19,20). The van der Waals surface area contributed by atoms with E-state index >= 15 is 0 Å². The highest BCUT2D eigenvalue weighted by Gasteiger charge is 2.20. The Morgan fingerprint density at radius 3 is 2.26 bits per heavy atom. The molecule has 0 spiro atoms. The molecule has 0 amide bonds. The average Bonchev–Trinajstić information content (AvgIpc) is 2.44. The van der Waals surface area contributed by atoms with Crippen LogP contribution >= 0.6 is 0 Å². The van der Waals surface area contributed by atoms with Gasteiger partial charge in [0.25, 0.3) is 0 Å². The van der Waals surface area contributed by atoms with Gasteiger partial charge in [-0.25, -0.2) is 26.4 Å². The summed E-state index contributed by atoms with van der Waals surface area (Å²) in [5.74, 6) is -5.41. The molecule has 2 N–H and O–H groups in total. The van der Waals surface area contributed by atoms with Crippen LogP contribution in [0.15, 0.2) is 35.2 Å². The smallest absolute Gasteiger partial charge is 0.337 e. The first-order valence-electron chi connectivity index (χ1n) is 6.09. The number of hydrogen-bond acceptors (Lipinski definition) is 4. The number of halogens is 3. The van der Waals surface area contributed by atoms with Crippen molar-refractivity contribution in [2.24, 2.45) is 0 Å². The number of aromatic carboxylic acids is 1. The van der Waals surface area contributed by atoms with Crippen molar-refractivity contribution in [2.45, 2.75) is 4.90 Å². The van der Waals surface area contributed by atoms with Crippen LogP contribution in [0, 0.1) is 17.5 Å². The van der Waals surface area contributed by atoms with Crippen LogP contribution < -0.4 is 5.32 Å². The van der Waals surface area contributed by atoms with E-state index in [0.29, 0.717) is 12.1 Å². The van der Waals surface area contributed by atoms with E-state index in [9.17, 15) is 26.4 Å². The zero-order valence-electron chi connectivity index (χ0n) is 11.6. The summed E-state index contributed by atoms with van der Waals surface area (Å²) in [6.07, 6.45) is 0.879. The third-order valence-corrected chi connectivity index (χ3v) is 4.06. The molecule has 0 atom stereocenters. The fraction of sp³-hybridized carbons (Fsp3) is 0.0714. The summed E-state index contributed by atoms with van der Waals surface area (Å²) in [6.45, 7) is 0. The number of rotatable bonds is 4. The van der Waals surface area contributed by atoms with E-state index in [-0.39, 0.29) is 4.90 Å². The van der Waals surface area contributed by atoms with Gasteiger partial charge in [-0.15, -0.1) is 0 Å². The molecule has 9 heteroatoms. The van der Waals surface area contributed by atoms with Gasteiger partial charge in [0.2, 0.25) is 0 Å².